The molecular weight excluding hydrogens is 322 g/mol. The van der Waals surface area contributed by atoms with Gasteiger partial charge in [0.05, 0.1) is 23.0 Å². The average molecular weight is 340 g/mol. The van der Waals surface area contributed by atoms with Crippen molar-refractivity contribution in [3.8, 4) is 0 Å². The molecule has 0 aromatic carbocycles. The summed E-state index contributed by atoms with van der Waals surface area (Å²) in [6.07, 6.45) is 1.47. The SMILES string of the molecule is Cc1nn(CCNC(=O)C(C)n2ccc(C(=O)O)n2)c(C)c1Cl. The molecule has 0 aliphatic heterocycles. The number of carboxylic acids is 1. The Morgan fingerprint density at radius 3 is 2.61 bits per heavy atom. The van der Waals surface area contributed by atoms with Crippen LogP contribution in [0.1, 0.15) is 34.8 Å². The third-order valence-corrected chi connectivity index (χ3v) is 4.07. The van der Waals surface area contributed by atoms with Gasteiger partial charge in [0.1, 0.15) is 6.04 Å². The van der Waals surface area contributed by atoms with Gasteiger partial charge in [0.2, 0.25) is 5.91 Å². The van der Waals surface area contributed by atoms with E-state index >= 15 is 0 Å². The first kappa shape index (κ1) is 17.0. The standard InChI is InChI=1S/C14H18ClN5O3/c1-8-12(15)9(2)20(17-8)7-5-16-13(21)10(3)19-6-4-11(18-19)14(22)23/h4,6,10H,5,7H2,1-3H3,(H,16,21)(H,22,23). The summed E-state index contributed by atoms with van der Waals surface area (Å²) in [5.41, 5.74) is 1.51. The van der Waals surface area contributed by atoms with Crippen molar-refractivity contribution in [3.05, 3.63) is 34.4 Å². The lowest BCUT2D eigenvalue weighted by atomic mass is 10.3. The Bertz CT molecular complexity index is 737. The maximum atomic E-state index is 12.1. The van der Waals surface area contributed by atoms with Gasteiger partial charge in [-0.15, -0.1) is 0 Å². The van der Waals surface area contributed by atoms with Gasteiger partial charge in [-0.2, -0.15) is 10.2 Å². The van der Waals surface area contributed by atoms with E-state index in [2.05, 4.69) is 15.5 Å². The maximum Gasteiger partial charge on any atom is 0.356 e. The van der Waals surface area contributed by atoms with Gasteiger partial charge in [-0.05, 0) is 26.8 Å². The first-order chi connectivity index (χ1) is 10.8. The molecule has 2 heterocycles. The summed E-state index contributed by atoms with van der Waals surface area (Å²) in [6.45, 7) is 6.22. The van der Waals surface area contributed by atoms with Crippen molar-refractivity contribution in [1.29, 1.82) is 0 Å². The third kappa shape index (κ3) is 3.70. The molecule has 0 saturated carbocycles. The normalized spacial score (nSPS) is 12.2. The number of carbonyl (C=O) groups is 2. The molecule has 23 heavy (non-hydrogen) atoms. The number of carboxylic acid groups (broad SMARTS) is 1. The molecule has 2 rings (SSSR count). The highest BCUT2D eigenvalue weighted by molar-refractivity contribution is 6.31. The number of hydrogen-bond acceptors (Lipinski definition) is 4. The fraction of sp³-hybridized carbons (Fsp3) is 0.429. The van der Waals surface area contributed by atoms with E-state index in [1.165, 1.54) is 16.9 Å². The van der Waals surface area contributed by atoms with E-state index in [0.717, 1.165) is 11.4 Å². The van der Waals surface area contributed by atoms with Crippen LogP contribution in [0, 0.1) is 13.8 Å². The van der Waals surface area contributed by atoms with E-state index in [0.29, 0.717) is 18.1 Å². The lowest BCUT2D eigenvalue weighted by Crippen LogP contribution is -2.33. The van der Waals surface area contributed by atoms with Crippen molar-refractivity contribution >= 4 is 23.5 Å². The zero-order valence-electron chi connectivity index (χ0n) is 13.1. The van der Waals surface area contributed by atoms with Crippen LogP contribution in [0.4, 0.5) is 0 Å². The molecule has 2 aromatic heterocycles. The summed E-state index contributed by atoms with van der Waals surface area (Å²) in [6, 6.07) is 0.747. The summed E-state index contributed by atoms with van der Waals surface area (Å²) in [4.78, 5) is 22.9. The Balaban J connectivity index is 1.91. The third-order valence-electron chi connectivity index (χ3n) is 3.52. The second-order valence-electron chi connectivity index (χ2n) is 5.16. The largest absolute Gasteiger partial charge is 0.476 e. The van der Waals surface area contributed by atoms with Crippen LogP contribution in [-0.2, 0) is 11.3 Å². The lowest BCUT2D eigenvalue weighted by molar-refractivity contribution is -0.124. The number of amides is 1. The van der Waals surface area contributed by atoms with E-state index in [1.54, 1.807) is 11.6 Å². The Labute approximate surface area is 138 Å². The van der Waals surface area contributed by atoms with Crippen molar-refractivity contribution < 1.29 is 14.7 Å². The minimum Gasteiger partial charge on any atom is -0.476 e. The molecule has 1 unspecified atom stereocenters. The number of nitrogens with zero attached hydrogens (tertiary/aromatic N) is 4. The summed E-state index contributed by atoms with van der Waals surface area (Å²) >= 11 is 6.07. The summed E-state index contributed by atoms with van der Waals surface area (Å²) in [5.74, 6) is -1.38. The minimum atomic E-state index is -1.13. The van der Waals surface area contributed by atoms with E-state index in [9.17, 15) is 9.59 Å². The van der Waals surface area contributed by atoms with Crippen molar-refractivity contribution in [2.45, 2.75) is 33.4 Å². The lowest BCUT2D eigenvalue weighted by Gasteiger charge is -2.13. The highest BCUT2D eigenvalue weighted by Crippen LogP contribution is 2.18. The van der Waals surface area contributed by atoms with Crippen LogP contribution in [0.3, 0.4) is 0 Å². The van der Waals surface area contributed by atoms with Gasteiger partial charge >= 0.3 is 5.97 Å². The molecule has 0 bridgehead atoms. The number of rotatable bonds is 6. The molecule has 0 spiro atoms. The van der Waals surface area contributed by atoms with Crippen LogP contribution in [0.15, 0.2) is 12.3 Å². The topological polar surface area (TPSA) is 102 Å². The molecule has 0 saturated heterocycles. The van der Waals surface area contributed by atoms with Crippen LogP contribution in [0.25, 0.3) is 0 Å². The zero-order valence-corrected chi connectivity index (χ0v) is 13.8. The maximum absolute atomic E-state index is 12.1. The van der Waals surface area contributed by atoms with Gasteiger partial charge in [-0.25, -0.2) is 4.79 Å². The van der Waals surface area contributed by atoms with E-state index in [-0.39, 0.29) is 11.6 Å². The Kier molecular flexibility index (Phi) is 5.05. The van der Waals surface area contributed by atoms with E-state index in [1.807, 2.05) is 13.8 Å². The molecule has 0 aliphatic rings. The van der Waals surface area contributed by atoms with Crippen LogP contribution in [0.2, 0.25) is 5.02 Å². The van der Waals surface area contributed by atoms with Crippen molar-refractivity contribution in [2.24, 2.45) is 0 Å². The van der Waals surface area contributed by atoms with Crippen LogP contribution in [0.5, 0.6) is 0 Å². The predicted molar refractivity (Wildman–Crippen MR) is 83.6 cm³/mol. The first-order valence-corrected chi connectivity index (χ1v) is 7.44. The molecule has 8 nitrogen and oxygen atoms in total. The van der Waals surface area contributed by atoms with Gasteiger partial charge in [-0.3, -0.25) is 14.2 Å². The molecule has 1 amide bonds. The van der Waals surface area contributed by atoms with Gasteiger partial charge in [0.15, 0.2) is 5.69 Å². The number of aryl methyl sites for hydroxylation is 1. The monoisotopic (exact) mass is 339 g/mol. The predicted octanol–water partition coefficient (Wildman–Crippen LogP) is 1.43. The molecule has 0 aliphatic carbocycles. The Hall–Kier alpha value is -2.35. The summed E-state index contributed by atoms with van der Waals surface area (Å²) in [7, 11) is 0. The van der Waals surface area contributed by atoms with Crippen LogP contribution >= 0.6 is 11.6 Å². The van der Waals surface area contributed by atoms with Gasteiger partial charge in [0, 0.05) is 12.7 Å². The fourth-order valence-electron chi connectivity index (χ4n) is 2.11. The fourth-order valence-corrected chi connectivity index (χ4v) is 2.25. The molecule has 0 radical (unpaired) electrons. The van der Waals surface area contributed by atoms with E-state index < -0.39 is 12.0 Å². The summed E-state index contributed by atoms with van der Waals surface area (Å²) < 4.78 is 3.05. The van der Waals surface area contributed by atoms with Crippen molar-refractivity contribution in [1.82, 2.24) is 24.9 Å². The molecule has 124 valence electrons. The minimum absolute atomic E-state index is 0.0954. The Morgan fingerprint density at radius 1 is 1.39 bits per heavy atom. The van der Waals surface area contributed by atoms with Crippen LogP contribution in [-0.4, -0.2) is 43.1 Å². The van der Waals surface area contributed by atoms with Gasteiger partial charge < -0.3 is 10.4 Å². The molecular formula is C14H18ClN5O3. The molecule has 2 aromatic rings. The highest BCUT2D eigenvalue weighted by atomic mass is 35.5. The Morgan fingerprint density at radius 2 is 2.09 bits per heavy atom. The smallest absolute Gasteiger partial charge is 0.356 e. The van der Waals surface area contributed by atoms with Gasteiger partial charge in [-0.1, -0.05) is 11.6 Å². The average Bonchev–Trinajstić information content (AvgIpc) is 3.09. The molecule has 1 atom stereocenters. The van der Waals surface area contributed by atoms with Crippen LogP contribution < -0.4 is 5.32 Å². The highest BCUT2D eigenvalue weighted by Gasteiger charge is 2.17. The number of nitrogens with one attached hydrogen (secondary N) is 1. The first-order valence-electron chi connectivity index (χ1n) is 7.07. The number of carbonyl (C=O) groups excluding carboxylic acids is 1. The van der Waals surface area contributed by atoms with Crippen molar-refractivity contribution in [2.75, 3.05) is 6.54 Å². The summed E-state index contributed by atoms with van der Waals surface area (Å²) in [5, 5.41) is 20.4. The van der Waals surface area contributed by atoms with E-state index in [4.69, 9.17) is 16.7 Å². The van der Waals surface area contributed by atoms with Crippen molar-refractivity contribution in [3.63, 3.8) is 0 Å². The molecule has 2 N–H and O–H groups in total. The number of aromatic nitrogens is 4. The number of halogens is 1. The second-order valence-corrected chi connectivity index (χ2v) is 5.54. The second kappa shape index (κ2) is 6.82. The molecule has 9 heteroatoms. The zero-order chi connectivity index (χ0) is 17.1. The van der Waals surface area contributed by atoms with Gasteiger partial charge in [0.25, 0.3) is 0 Å². The quantitative estimate of drug-likeness (QED) is 0.828. The number of aromatic carboxylic acids is 1. The molecule has 0 fully saturated rings. The number of hydrogen-bond donors (Lipinski definition) is 2.